The zero-order valence-electron chi connectivity index (χ0n) is 14.8. The van der Waals surface area contributed by atoms with Crippen LogP contribution in [0.15, 0.2) is 48.0 Å². The number of rotatable bonds is 6. The summed E-state index contributed by atoms with van der Waals surface area (Å²) in [6.07, 6.45) is 1.45. The molecule has 0 saturated heterocycles. The summed E-state index contributed by atoms with van der Waals surface area (Å²) in [7, 11) is 1.52. The smallest absolute Gasteiger partial charge is 0.266 e. The molecule has 0 heterocycles. The summed E-state index contributed by atoms with van der Waals surface area (Å²) in [6.45, 7) is 3.82. The maximum absolute atomic E-state index is 12.3. The first-order valence-corrected chi connectivity index (χ1v) is 7.99. The monoisotopic (exact) mass is 352 g/mol. The first kappa shape index (κ1) is 18.9. The average Bonchev–Trinajstić information content (AvgIpc) is 2.60. The zero-order chi connectivity index (χ0) is 19.1. The Morgan fingerprint density at radius 3 is 2.62 bits per heavy atom. The Morgan fingerprint density at radius 1 is 1.23 bits per heavy atom. The van der Waals surface area contributed by atoms with Gasteiger partial charge in [0.2, 0.25) is 0 Å². The van der Waals surface area contributed by atoms with Crippen LogP contribution in [0, 0.1) is 11.3 Å². The molecule has 0 aliphatic rings. The van der Waals surface area contributed by atoms with Crippen molar-refractivity contribution in [2.45, 2.75) is 20.0 Å². The van der Waals surface area contributed by atoms with Gasteiger partial charge in [-0.1, -0.05) is 12.1 Å². The standard InChI is InChI=1S/C20H20N2O4/c1-13(2)26-18-8-7-14(10-19(18)25-3)9-15(12-21)20(24)22-16-5-4-6-17(23)11-16/h4-11,13,23H,1-3H3,(H,22,24). The Hall–Kier alpha value is -3.46. The second-order valence-corrected chi connectivity index (χ2v) is 5.75. The van der Waals surface area contributed by atoms with Crippen LogP contribution in [0.5, 0.6) is 17.2 Å². The molecular formula is C20H20N2O4. The molecule has 6 nitrogen and oxygen atoms in total. The molecule has 6 heteroatoms. The molecule has 0 saturated carbocycles. The average molecular weight is 352 g/mol. The molecule has 0 bridgehead atoms. The summed E-state index contributed by atoms with van der Waals surface area (Å²) in [5, 5.41) is 21.3. The number of carbonyl (C=O) groups is 1. The van der Waals surface area contributed by atoms with Crippen molar-refractivity contribution in [2.24, 2.45) is 0 Å². The molecule has 0 radical (unpaired) electrons. The van der Waals surface area contributed by atoms with E-state index in [0.29, 0.717) is 22.7 Å². The van der Waals surface area contributed by atoms with Crippen LogP contribution in [0.1, 0.15) is 19.4 Å². The maximum Gasteiger partial charge on any atom is 0.266 e. The largest absolute Gasteiger partial charge is 0.508 e. The lowest BCUT2D eigenvalue weighted by atomic mass is 10.1. The number of hydrogen-bond acceptors (Lipinski definition) is 5. The molecule has 2 N–H and O–H groups in total. The van der Waals surface area contributed by atoms with Gasteiger partial charge in [-0.15, -0.1) is 0 Å². The number of carbonyl (C=O) groups excluding carboxylic acids is 1. The molecule has 134 valence electrons. The predicted molar refractivity (Wildman–Crippen MR) is 99.1 cm³/mol. The normalized spacial score (nSPS) is 11.0. The molecule has 0 aliphatic heterocycles. The molecule has 2 aromatic rings. The molecule has 1 amide bonds. The van der Waals surface area contributed by atoms with Crippen LogP contribution < -0.4 is 14.8 Å². The molecular weight excluding hydrogens is 332 g/mol. The van der Waals surface area contributed by atoms with E-state index in [2.05, 4.69) is 5.32 Å². The van der Waals surface area contributed by atoms with Gasteiger partial charge in [0, 0.05) is 11.8 Å². The molecule has 2 rings (SSSR count). The highest BCUT2D eigenvalue weighted by atomic mass is 16.5. The summed E-state index contributed by atoms with van der Waals surface area (Å²) >= 11 is 0. The van der Waals surface area contributed by atoms with Crippen molar-refractivity contribution in [3.8, 4) is 23.3 Å². The van der Waals surface area contributed by atoms with Crippen LogP contribution in [-0.2, 0) is 4.79 Å². The third-order valence-corrected chi connectivity index (χ3v) is 3.33. The van der Waals surface area contributed by atoms with E-state index in [-0.39, 0.29) is 17.4 Å². The number of nitrogens with one attached hydrogen (secondary N) is 1. The summed E-state index contributed by atoms with van der Waals surface area (Å²) in [5.41, 5.74) is 0.947. The fourth-order valence-electron chi connectivity index (χ4n) is 2.22. The van der Waals surface area contributed by atoms with Gasteiger partial charge in [-0.3, -0.25) is 4.79 Å². The Morgan fingerprint density at radius 2 is 2.00 bits per heavy atom. The quantitative estimate of drug-likeness (QED) is 0.610. The molecule has 2 aromatic carbocycles. The predicted octanol–water partition coefficient (Wildman–Crippen LogP) is 3.73. The molecule has 0 fully saturated rings. The van der Waals surface area contributed by atoms with E-state index in [4.69, 9.17) is 9.47 Å². The Bertz CT molecular complexity index is 866. The molecule has 0 spiro atoms. The number of nitrogens with zero attached hydrogens (tertiary/aromatic N) is 1. The van der Waals surface area contributed by atoms with Crippen LogP contribution in [0.3, 0.4) is 0 Å². The van der Waals surface area contributed by atoms with Gasteiger partial charge in [0.15, 0.2) is 11.5 Å². The van der Waals surface area contributed by atoms with E-state index in [1.165, 1.54) is 25.3 Å². The van der Waals surface area contributed by atoms with Gasteiger partial charge in [0.05, 0.1) is 13.2 Å². The number of aromatic hydroxyl groups is 1. The fourth-order valence-corrected chi connectivity index (χ4v) is 2.22. The number of benzene rings is 2. The summed E-state index contributed by atoms with van der Waals surface area (Å²) < 4.78 is 11.0. The minimum absolute atomic E-state index is 0.00646. The van der Waals surface area contributed by atoms with Crippen LogP contribution in [0.2, 0.25) is 0 Å². The number of phenolic OH excluding ortho intramolecular Hbond substituents is 1. The van der Waals surface area contributed by atoms with Gasteiger partial charge >= 0.3 is 0 Å². The summed E-state index contributed by atoms with van der Waals surface area (Å²) in [5.74, 6) is 0.552. The van der Waals surface area contributed by atoms with Gasteiger partial charge in [0.25, 0.3) is 5.91 Å². The van der Waals surface area contributed by atoms with Crippen molar-refractivity contribution in [2.75, 3.05) is 12.4 Å². The Kier molecular flexibility index (Phi) is 6.23. The third-order valence-electron chi connectivity index (χ3n) is 3.33. The van der Waals surface area contributed by atoms with E-state index < -0.39 is 5.91 Å². The van der Waals surface area contributed by atoms with Crippen molar-refractivity contribution in [3.63, 3.8) is 0 Å². The lowest BCUT2D eigenvalue weighted by Gasteiger charge is -2.13. The van der Waals surface area contributed by atoms with Crippen molar-refractivity contribution in [1.29, 1.82) is 5.26 Å². The van der Waals surface area contributed by atoms with Crippen molar-refractivity contribution >= 4 is 17.7 Å². The number of hydrogen-bond donors (Lipinski definition) is 2. The third kappa shape index (κ3) is 5.02. The minimum Gasteiger partial charge on any atom is -0.508 e. The van der Waals surface area contributed by atoms with Crippen molar-refractivity contribution in [3.05, 3.63) is 53.6 Å². The highest BCUT2D eigenvalue weighted by Crippen LogP contribution is 2.30. The maximum atomic E-state index is 12.3. The van der Waals surface area contributed by atoms with Crippen LogP contribution in [-0.4, -0.2) is 24.2 Å². The number of anilines is 1. The second kappa shape index (κ2) is 8.58. The SMILES string of the molecule is COc1cc(C=C(C#N)C(=O)Nc2cccc(O)c2)ccc1OC(C)C. The highest BCUT2D eigenvalue weighted by Gasteiger charge is 2.12. The number of methoxy groups -OCH3 is 1. The van der Waals surface area contributed by atoms with Gasteiger partial charge in [-0.2, -0.15) is 5.26 Å². The first-order valence-electron chi connectivity index (χ1n) is 7.99. The molecule has 0 aromatic heterocycles. The van der Waals surface area contributed by atoms with Crippen molar-refractivity contribution < 1.29 is 19.4 Å². The Balaban J connectivity index is 2.24. The highest BCUT2D eigenvalue weighted by molar-refractivity contribution is 6.09. The van der Waals surface area contributed by atoms with Crippen LogP contribution in [0.25, 0.3) is 6.08 Å². The molecule has 0 unspecified atom stereocenters. The molecule has 26 heavy (non-hydrogen) atoms. The summed E-state index contributed by atoms with van der Waals surface area (Å²) in [6, 6.07) is 13.1. The van der Waals surface area contributed by atoms with Crippen molar-refractivity contribution in [1.82, 2.24) is 0 Å². The van der Waals surface area contributed by atoms with Crippen LogP contribution >= 0.6 is 0 Å². The molecule has 0 atom stereocenters. The lowest BCUT2D eigenvalue weighted by Crippen LogP contribution is -2.13. The Labute approximate surface area is 152 Å². The number of amides is 1. The number of ether oxygens (including phenoxy) is 2. The number of nitriles is 1. The minimum atomic E-state index is -0.570. The van der Waals surface area contributed by atoms with E-state index in [9.17, 15) is 15.2 Å². The fraction of sp³-hybridized carbons (Fsp3) is 0.200. The van der Waals surface area contributed by atoms with E-state index in [1.807, 2.05) is 19.9 Å². The lowest BCUT2D eigenvalue weighted by molar-refractivity contribution is -0.112. The van der Waals surface area contributed by atoms with E-state index in [1.54, 1.807) is 30.3 Å². The van der Waals surface area contributed by atoms with Gasteiger partial charge in [-0.05, 0) is 49.8 Å². The van der Waals surface area contributed by atoms with E-state index in [0.717, 1.165) is 0 Å². The van der Waals surface area contributed by atoms with E-state index >= 15 is 0 Å². The van der Waals surface area contributed by atoms with Gasteiger partial charge in [0.1, 0.15) is 17.4 Å². The first-order chi connectivity index (χ1) is 12.4. The zero-order valence-corrected chi connectivity index (χ0v) is 14.8. The van der Waals surface area contributed by atoms with Gasteiger partial charge in [-0.25, -0.2) is 0 Å². The van der Waals surface area contributed by atoms with Gasteiger partial charge < -0.3 is 19.9 Å². The topological polar surface area (TPSA) is 91.6 Å². The summed E-state index contributed by atoms with van der Waals surface area (Å²) in [4.78, 5) is 12.3. The van der Waals surface area contributed by atoms with Crippen LogP contribution in [0.4, 0.5) is 5.69 Å². The second-order valence-electron chi connectivity index (χ2n) is 5.75. The molecule has 0 aliphatic carbocycles. The number of phenols is 1.